The van der Waals surface area contributed by atoms with E-state index in [-0.39, 0.29) is 12.0 Å². The van der Waals surface area contributed by atoms with Crippen LogP contribution in [0.4, 0.5) is 0 Å². The van der Waals surface area contributed by atoms with Crippen molar-refractivity contribution in [1.29, 1.82) is 0 Å². The van der Waals surface area contributed by atoms with Gasteiger partial charge < -0.3 is 4.74 Å². The lowest BCUT2D eigenvalue weighted by Gasteiger charge is -2.33. The lowest BCUT2D eigenvalue weighted by Crippen LogP contribution is -2.44. The van der Waals surface area contributed by atoms with Crippen LogP contribution in [0.5, 0.6) is 0 Å². The largest absolute Gasteiger partial charge is 0.468 e. The molecule has 1 aliphatic heterocycles. The van der Waals surface area contributed by atoms with Gasteiger partial charge in [0.2, 0.25) is 0 Å². The Kier molecular flexibility index (Phi) is 7.30. The molecule has 0 spiro atoms. The van der Waals surface area contributed by atoms with Gasteiger partial charge in [0.25, 0.3) is 0 Å². The molecule has 0 saturated carbocycles. The summed E-state index contributed by atoms with van der Waals surface area (Å²) in [5, 5.41) is 1.57. The highest BCUT2D eigenvalue weighted by Gasteiger charge is 2.30. The number of ether oxygens (including phenoxy) is 1. The summed E-state index contributed by atoms with van der Waals surface area (Å²) in [5.74, 6) is -0.181. The Balaban J connectivity index is 1.45. The monoisotopic (exact) mass is 499 g/mol. The number of piperidine rings is 1. The third-order valence-electron chi connectivity index (χ3n) is 7.22. The minimum atomic E-state index is -0.233. The number of fused-ring (bicyclic) bond motifs is 1. The number of rotatable bonds is 6. The van der Waals surface area contributed by atoms with E-state index in [0.717, 1.165) is 48.0 Å². The van der Waals surface area contributed by atoms with Crippen LogP contribution in [0.3, 0.4) is 0 Å². The fourth-order valence-electron chi connectivity index (χ4n) is 5.22. The van der Waals surface area contributed by atoms with E-state index in [0.29, 0.717) is 18.0 Å². The molecule has 0 amide bonds. The van der Waals surface area contributed by atoms with Crippen molar-refractivity contribution in [3.05, 3.63) is 94.4 Å². The zero-order valence-corrected chi connectivity index (χ0v) is 21.5. The molecule has 0 bridgehead atoms. The summed E-state index contributed by atoms with van der Waals surface area (Å²) >= 11 is 6.92. The van der Waals surface area contributed by atoms with E-state index in [4.69, 9.17) is 21.3 Å². The summed E-state index contributed by atoms with van der Waals surface area (Å²) in [4.78, 5) is 24.0. The lowest BCUT2D eigenvalue weighted by molar-refractivity contribution is -0.148. The fraction of sp³-hybridized carbons (Fsp3) is 0.300. The summed E-state index contributed by atoms with van der Waals surface area (Å²) in [6, 6.07) is 18.6. The van der Waals surface area contributed by atoms with Crippen molar-refractivity contribution < 1.29 is 9.53 Å². The molecule has 0 radical (unpaired) electrons. The summed E-state index contributed by atoms with van der Waals surface area (Å²) in [6.07, 6.45) is 7.21. The normalized spacial score (nSPS) is 16.2. The number of carbonyl (C=O) groups excluding carboxylic acids is 1. The standard InChI is InChI=1S/C30H30ClN3O2/c1-20-22(11-8-12-24(20)21-9-4-3-5-10-21)17-26-29-25(14-15-32-26)28(31)23(18-33-29)19-34-16-7-6-13-27(34)30(35)36-2/h3-5,8-12,14-15,18,27H,6-7,13,16-17,19H2,1-2H3. The van der Waals surface area contributed by atoms with Crippen LogP contribution < -0.4 is 0 Å². The number of pyridine rings is 2. The Hall–Kier alpha value is -3.28. The molecule has 1 saturated heterocycles. The Labute approximate surface area is 217 Å². The number of benzene rings is 2. The van der Waals surface area contributed by atoms with Crippen molar-refractivity contribution in [3.63, 3.8) is 0 Å². The third kappa shape index (κ3) is 4.86. The van der Waals surface area contributed by atoms with Crippen molar-refractivity contribution >= 4 is 28.5 Å². The first-order valence-corrected chi connectivity index (χ1v) is 12.8. The molecular formula is C30H30ClN3O2. The van der Waals surface area contributed by atoms with E-state index in [1.165, 1.54) is 29.4 Å². The Morgan fingerprint density at radius 1 is 1.06 bits per heavy atom. The molecule has 1 unspecified atom stereocenters. The van der Waals surface area contributed by atoms with Crippen molar-refractivity contribution in [3.8, 4) is 11.1 Å². The zero-order valence-electron chi connectivity index (χ0n) is 20.7. The summed E-state index contributed by atoms with van der Waals surface area (Å²) in [5.41, 5.74) is 7.52. The van der Waals surface area contributed by atoms with E-state index in [9.17, 15) is 4.79 Å². The molecule has 3 heterocycles. The molecule has 1 atom stereocenters. The molecule has 5 nitrogen and oxygen atoms in total. The molecule has 36 heavy (non-hydrogen) atoms. The number of aromatic nitrogens is 2. The van der Waals surface area contributed by atoms with Gasteiger partial charge in [-0.05, 0) is 54.6 Å². The van der Waals surface area contributed by atoms with E-state index in [1.54, 1.807) is 0 Å². The van der Waals surface area contributed by atoms with Gasteiger partial charge in [0.05, 0.1) is 23.3 Å². The SMILES string of the molecule is COC(=O)C1CCCCN1Cc1cnc2c(Cc3cccc(-c4ccccc4)c3C)nccc2c1Cl. The van der Waals surface area contributed by atoms with Crippen molar-refractivity contribution in [2.24, 2.45) is 0 Å². The number of hydrogen-bond donors (Lipinski definition) is 0. The quantitative estimate of drug-likeness (QED) is 0.288. The second-order valence-electron chi connectivity index (χ2n) is 9.39. The number of halogens is 1. The smallest absolute Gasteiger partial charge is 0.323 e. The van der Waals surface area contributed by atoms with Crippen LogP contribution in [0, 0.1) is 6.92 Å². The molecule has 0 aliphatic carbocycles. The van der Waals surface area contributed by atoms with Gasteiger partial charge in [-0.3, -0.25) is 19.7 Å². The minimum absolute atomic E-state index is 0.181. The number of nitrogens with zero attached hydrogens (tertiary/aromatic N) is 3. The van der Waals surface area contributed by atoms with Gasteiger partial charge in [-0.1, -0.05) is 66.6 Å². The summed E-state index contributed by atoms with van der Waals surface area (Å²) < 4.78 is 5.04. The highest BCUT2D eigenvalue weighted by atomic mass is 35.5. The lowest BCUT2D eigenvalue weighted by atomic mass is 9.94. The van der Waals surface area contributed by atoms with Gasteiger partial charge in [0, 0.05) is 36.3 Å². The molecule has 1 aliphatic rings. The number of hydrogen-bond acceptors (Lipinski definition) is 5. The van der Waals surface area contributed by atoms with Crippen LogP contribution in [0.1, 0.15) is 41.6 Å². The number of likely N-dealkylation sites (tertiary alicyclic amines) is 1. The van der Waals surface area contributed by atoms with Gasteiger partial charge in [0.15, 0.2) is 0 Å². The maximum atomic E-state index is 12.3. The molecule has 2 aromatic carbocycles. The van der Waals surface area contributed by atoms with Gasteiger partial charge in [-0.15, -0.1) is 0 Å². The van der Waals surface area contributed by atoms with Crippen molar-refractivity contribution in [2.75, 3.05) is 13.7 Å². The van der Waals surface area contributed by atoms with Crippen molar-refractivity contribution in [2.45, 2.75) is 45.2 Å². The van der Waals surface area contributed by atoms with Gasteiger partial charge in [-0.2, -0.15) is 0 Å². The average Bonchev–Trinajstić information content (AvgIpc) is 2.92. The summed E-state index contributed by atoms with van der Waals surface area (Å²) in [6.45, 7) is 3.57. The highest BCUT2D eigenvalue weighted by Crippen LogP contribution is 2.32. The number of carbonyl (C=O) groups is 1. The van der Waals surface area contributed by atoms with Crippen LogP contribution in [-0.4, -0.2) is 40.5 Å². The first-order chi connectivity index (χ1) is 17.6. The second kappa shape index (κ2) is 10.8. The minimum Gasteiger partial charge on any atom is -0.468 e. The predicted octanol–water partition coefficient (Wildman–Crippen LogP) is 6.38. The number of esters is 1. The first-order valence-electron chi connectivity index (χ1n) is 12.4. The maximum absolute atomic E-state index is 12.3. The fourth-order valence-corrected chi connectivity index (χ4v) is 5.48. The van der Waals surface area contributed by atoms with Crippen LogP contribution in [0.2, 0.25) is 5.02 Å². The van der Waals surface area contributed by atoms with Crippen LogP contribution in [0.15, 0.2) is 67.0 Å². The molecule has 1 fully saturated rings. The molecule has 6 heteroatoms. The molecule has 5 rings (SSSR count). The third-order valence-corrected chi connectivity index (χ3v) is 7.66. The Bertz CT molecular complexity index is 1390. The van der Waals surface area contributed by atoms with E-state index in [2.05, 4.69) is 59.3 Å². The molecule has 0 N–H and O–H groups in total. The average molecular weight is 500 g/mol. The molecule has 4 aromatic rings. The second-order valence-corrected chi connectivity index (χ2v) is 9.77. The first kappa shape index (κ1) is 24.4. The number of methoxy groups -OCH3 is 1. The van der Waals surface area contributed by atoms with Gasteiger partial charge in [-0.25, -0.2) is 0 Å². The van der Waals surface area contributed by atoms with Crippen LogP contribution >= 0.6 is 11.6 Å². The topological polar surface area (TPSA) is 55.3 Å². The van der Waals surface area contributed by atoms with Crippen LogP contribution in [-0.2, 0) is 22.5 Å². The molecular weight excluding hydrogens is 470 g/mol. The predicted molar refractivity (Wildman–Crippen MR) is 144 cm³/mol. The van der Waals surface area contributed by atoms with Gasteiger partial charge in [0.1, 0.15) is 6.04 Å². The van der Waals surface area contributed by atoms with Gasteiger partial charge >= 0.3 is 5.97 Å². The summed E-state index contributed by atoms with van der Waals surface area (Å²) in [7, 11) is 1.45. The van der Waals surface area contributed by atoms with E-state index in [1.807, 2.05) is 24.5 Å². The maximum Gasteiger partial charge on any atom is 0.323 e. The molecule has 2 aromatic heterocycles. The highest BCUT2D eigenvalue weighted by molar-refractivity contribution is 6.36. The van der Waals surface area contributed by atoms with Crippen LogP contribution in [0.25, 0.3) is 22.0 Å². The van der Waals surface area contributed by atoms with E-state index < -0.39 is 0 Å². The Morgan fingerprint density at radius 2 is 1.89 bits per heavy atom. The Morgan fingerprint density at radius 3 is 2.69 bits per heavy atom. The van der Waals surface area contributed by atoms with E-state index >= 15 is 0 Å². The molecule has 184 valence electrons. The zero-order chi connectivity index (χ0) is 25.1. The van der Waals surface area contributed by atoms with Crippen molar-refractivity contribution in [1.82, 2.24) is 14.9 Å².